The Bertz CT molecular complexity index is 1060. The molecule has 0 aliphatic carbocycles. The van der Waals surface area contributed by atoms with Crippen LogP contribution in [-0.4, -0.2) is 66.7 Å². The lowest BCUT2D eigenvalue weighted by Gasteiger charge is -2.23. The van der Waals surface area contributed by atoms with Crippen molar-refractivity contribution in [3.8, 4) is 11.5 Å². The lowest BCUT2D eigenvalue weighted by atomic mass is 10.1. The maximum absolute atomic E-state index is 12.5. The topological polar surface area (TPSA) is 92.7 Å². The van der Waals surface area contributed by atoms with Gasteiger partial charge in [0.15, 0.2) is 11.5 Å². The van der Waals surface area contributed by atoms with Crippen LogP contribution >= 0.6 is 11.8 Å². The first-order valence-corrected chi connectivity index (χ1v) is 11.6. The number of hydrogen-bond donors (Lipinski definition) is 1. The van der Waals surface area contributed by atoms with E-state index in [-0.39, 0.29) is 18.6 Å². The Balaban J connectivity index is 1.39. The Morgan fingerprint density at radius 2 is 2.06 bits per heavy atom. The van der Waals surface area contributed by atoms with Crippen LogP contribution in [0.1, 0.15) is 17.5 Å². The second kappa shape index (κ2) is 10.6. The number of nitrogens with zero attached hydrogens (tertiary/aromatic N) is 3. The summed E-state index contributed by atoms with van der Waals surface area (Å²) in [5.41, 5.74) is 3.11. The second-order valence-electron chi connectivity index (χ2n) is 7.85. The minimum Gasteiger partial charge on any atom is -0.454 e. The molecule has 2 amide bonds. The van der Waals surface area contributed by atoms with Crippen LogP contribution in [0.15, 0.2) is 47.6 Å². The summed E-state index contributed by atoms with van der Waals surface area (Å²) in [6.07, 6.45) is 0.262. The van der Waals surface area contributed by atoms with Gasteiger partial charge in [-0.3, -0.25) is 10.1 Å². The van der Waals surface area contributed by atoms with Crippen LogP contribution in [-0.2, 0) is 11.3 Å². The Morgan fingerprint density at radius 3 is 2.91 bits per heavy atom. The van der Waals surface area contributed by atoms with Crippen molar-refractivity contribution in [1.29, 1.82) is 0 Å². The van der Waals surface area contributed by atoms with Crippen molar-refractivity contribution in [3.63, 3.8) is 0 Å². The summed E-state index contributed by atoms with van der Waals surface area (Å²) in [6, 6.07) is 12.9. The highest BCUT2D eigenvalue weighted by Gasteiger charge is 2.24. The minimum atomic E-state index is -0.501. The van der Waals surface area contributed by atoms with E-state index >= 15 is 0 Å². The van der Waals surface area contributed by atoms with E-state index in [9.17, 15) is 9.59 Å². The highest BCUT2D eigenvalue weighted by Crippen LogP contribution is 2.33. The fourth-order valence-corrected chi connectivity index (χ4v) is 4.10. The molecule has 0 bridgehead atoms. The molecule has 1 N–H and O–H groups in total. The normalized spacial score (nSPS) is 14.9. The summed E-state index contributed by atoms with van der Waals surface area (Å²) in [5, 5.41) is 8.62. The molecular formula is C23H26N4O5S. The van der Waals surface area contributed by atoms with Crippen LogP contribution in [0.3, 0.4) is 0 Å². The molecule has 0 saturated carbocycles. The molecule has 0 fully saturated rings. The van der Waals surface area contributed by atoms with E-state index in [2.05, 4.69) is 10.4 Å². The molecule has 0 radical (unpaired) electrons. The first-order valence-electron chi connectivity index (χ1n) is 10.6. The summed E-state index contributed by atoms with van der Waals surface area (Å²) in [6.45, 7) is 1.69. The standard InChI is InChI=1S/C23H26N4O5S/c1-26(2)9-4-10-30-22(28)24-18-6-3-5-16(11-18)13-27-23(29)33-14-19(25-27)17-7-8-20-21(12-17)32-15-31-20/h3,5-8,11-12H,4,9-10,13-15H2,1-2H3,(H,24,28). The predicted octanol–water partition coefficient (Wildman–Crippen LogP) is 3.99. The van der Waals surface area contributed by atoms with Crippen molar-refractivity contribution in [2.75, 3.05) is 45.1 Å². The number of carbonyl (C=O) groups is 2. The number of hydrogen-bond acceptors (Lipinski definition) is 8. The van der Waals surface area contributed by atoms with E-state index in [0.717, 1.165) is 29.8 Å². The molecule has 2 aromatic rings. The zero-order valence-corrected chi connectivity index (χ0v) is 19.4. The fourth-order valence-electron chi connectivity index (χ4n) is 3.36. The fraction of sp³-hybridized carbons (Fsp3) is 0.348. The maximum atomic E-state index is 12.5. The lowest BCUT2D eigenvalue weighted by molar-refractivity contribution is 0.156. The number of amides is 2. The van der Waals surface area contributed by atoms with E-state index in [1.807, 2.05) is 55.4 Å². The Morgan fingerprint density at radius 1 is 1.21 bits per heavy atom. The number of rotatable bonds is 8. The molecule has 0 saturated heterocycles. The van der Waals surface area contributed by atoms with Crippen LogP contribution in [0.4, 0.5) is 15.3 Å². The van der Waals surface area contributed by atoms with Gasteiger partial charge in [0, 0.05) is 23.5 Å². The summed E-state index contributed by atoms with van der Waals surface area (Å²) < 4.78 is 16.0. The summed E-state index contributed by atoms with van der Waals surface area (Å²) >= 11 is 1.20. The Kier molecular flexibility index (Phi) is 7.36. The van der Waals surface area contributed by atoms with Crippen molar-refractivity contribution >= 4 is 34.5 Å². The van der Waals surface area contributed by atoms with E-state index < -0.39 is 6.09 Å². The van der Waals surface area contributed by atoms with E-state index in [1.54, 1.807) is 6.07 Å². The molecular weight excluding hydrogens is 444 g/mol. The SMILES string of the molecule is CN(C)CCCOC(=O)Nc1cccc(CN2N=C(c3ccc4c(c3)OCO4)CSC2=O)c1. The highest BCUT2D eigenvalue weighted by atomic mass is 32.2. The van der Waals surface area contributed by atoms with Crippen LogP contribution in [0.5, 0.6) is 11.5 Å². The van der Waals surface area contributed by atoms with Crippen molar-refractivity contribution in [1.82, 2.24) is 9.91 Å². The monoisotopic (exact) mass is 470 g/mol. The number of thioether (sulfide) groups is 1. The average Bonchev–Trinajstić information content (AvgIpc) is 3.26. The van der Waals surface area contributed by atoms with Gasteiger partial charge in [0.2, 0.25) is 6.79 Å². The number of carbonyl (C=O) groups excluding carboxylic acids is 2. The molecule has 4 rings (SSSR count). The van der Waals surface area contributed by atoms with Crippen molar-refractivity contribution < 1.29 is 23.8 Å². The predicted molar refractivity (Wildman–Crippen MR) is 127 cm³/mol. The number of ether oxygens (including phenoxy) is 3. The molecule has 2 aliphatic heterocycles. The van der Waals surface area contributed by atoms with Gasteiger partial charge in [-0.25, -0.2) is 9.80 Å². The van der Waals surface area contributed by atoms with Gasteiger partial charge in [-0.15, -0.1) is 0 Å². The largest absolute Gasteiger partial charge is 0.454 e. The van der Waals surface area contributed by atoms with Crippen LogP contribution in [0.2, 0.25) is 0 Å². The van der Waals surface area contributed by atoms with Gasteiger partial charge >= 0.3 is 11.3 Å². The van der Waals surface area contributed by atoms with Crippen molar-refractivity contribution in [2.45, 2.75) is 13.0 Å². The molecule has 33 heavy (non-hydrogen) atoms. The third-order valence-corrected chi connectivity index (χ3v) is 5.85. The summed E-state index contributed by atoms with van der Waals surface area (Å²) in [7, 11) is 3.94. The highest BCUT2D eigenvalue weighted by molar-refractivity contribution is 8.14. The van der Waals surface area contributed by atoms with E-state index in [0.29, 0.717) is 29.5 Å². The maximum Gasteiger partial charge on any atom is 0.411 e. The Labute approximate surface area is 196 Å². The van der Waals surface area contributed by atoms with Gasteiger partial charge in [0.25, 0.3) is 0 Å². The first kappa shape index (κ1) is 22.9. The number of nitrogens with one attached hydrogen (secondary N) is 1. The van der Waals surface area contributed by atoms with Gasteiger partial charge in [0.05, 0.1) is 18.9 Å². The first-order chi connectivity index (χ1) is 16.0. The van der Waals surface area contributed by atoms with E-state index in [4.69, 9.17) is 14.2 Å². The van der Waals surface area contributed by atoms with Crippen molar-refractivity contribution in [2.24, 2.45) is 5.10 Å². The number of benzene rings is 2. The molecule has 10 heteroatoms. The molecule has 2 heterocycles. The zero-order valence-electron chi connectivity index (χ0n) is 18.6. The summed E-state index contributed by atoms with van der Waals surface area (Å²) in [5.74, 6) is 1.86. The number of hydrazone groups is 1. The van der Waals surface area contributed by atoms with Gasteiger partial charge < -0.3 is 19.1 Å². The quantitative estimate of drug-likeness (QED) is 0.583. The van der Waals surface area contributed by atoms with Gasteiger partial charge in [-0.2, -0.15) is 5.10 Å². The number of fused-ring (bicyclic) bond motifs is 1. The molecule has 9 nitrogen and oxygen atoms in total. The van der Waals surface area contributed by atoms with Gasteiger partial charge in [0.1, 0.15) is 0 Å². The lowest BCUT2D eigenvalue weighted by Crippen LogP contribution is -2.29. The smallest absolute Gasteiger partial charge is 0.411 e. The summed E-state index contributed by atoms with van der Waals surface area (Å²) in [4.78, 5) is 26.5. The molecule has 0 spiro atoms. The third kappa shape index (κ3) is 6.17. The van der Waals surface area contributed by atoms with E-state index in [1.165, 1.54) is 16.8 Å². The molecule has 0 unspecified atom stereocenters. The number of anilines is 1. The molecule has 174 valence electrons. The zero-order chi connectivity index (χ0) is 23.2. The average molecular weight is 471 g/mol. The third-order valence-electron chi connectivity index (χ3n) is 4.98. The molecule has 0 aromatic heterocycles. The minimum absolute atomic E-state index is 0.127. The van der Waals surface area contributed by atoms with Crippen LogP contribution < -0.4 is 14.8 Å². The second-order valence-corrected chi connectivity index (χ2v) is 8.77. The Hall–Kier alpha value is -3.24. The van der Waals surface area contributed by atoms with Gasteiger partial charge in [-0.1, -0.05) is 23.9 Å². The van der Waals surface area contributed by atoms with Crippen molar-refractivity contribution in [3.05, 3.63) is 53.6 Å². The van der Waals surface area contributed by atoms with Crippen LogP contribution in [0, 0.1) is 0 Å². The molecule has 2 aromatic carbocycles. The van der Waals surface area contributed by atoms with Crippen LogP contribution in [0.25, 0.3) is 0 Å². The molecule has 0 atom stereocenters. The van der Waals surface area contributed by atoms with Gasteiger partial charge in [-0.05, 0) is 56.4 Å². The molecule has 2 aliphatic rings.